The molecule has 0 aliphatic rings. The van der Waals surface area contributed by atoms with Gasteiger partial charge in [0.15, 0.2) is 0 Å². The fourth-order valence-electron chi connectivity index (χ4n) is 1.23. The van der Waals surface area contributed by atoms with E-state index >= 15 is 0 Å². The Morgan fingerprint density at radius 3 is 2.76 bits per heavy atom. The Morgan fingerprint density at radius 2 is 2.06 bits per heavy atom. The summed E-state index contributed by atoms with van der Waals surface area (Å²) >= 11 is 12.4. The van der Waals surface area contributed by atoms with Crippen molar-refractivity contribution in [2.24, 2.45) is 0 Å². The van der Waals surface area contributed by atoms with Crippen LogP contribution in [-0.4, -0.2) is 9.97 Å². The van der Waals surface area contributed by atoms with Crippen LogP contribution in [0.1, 0.15) is 5.56 Å². The minimum Gasteiger partial charge on any atom is -0.437 e. The third kappa shape index (κ3) is 3.18. The lowest BCUT2D eigenvalue weighted by molar-refractivity contribution is 0.454. The standard InChI is InChI=1S/C11H7Br2ClN2O/c1-6-4-7(12)2-3-9(6)17-10-8(13)5-15-11(14)16-10/h2-5H,1H3. The number of nitrogens with zero attached hydrogens (tertiary/aromatic N) is 2. The van der Waals surface area contributed by atoms with Gasteiger partial charge in [0.05, 0.1) is 4.47 Å². The minimum absolute atomic E-state index is 0.151. The van der Waals surface area contributed by atoms with Crippen LogP contribution in [0.4, 0.5) is 0 Å². The molecule has 0 aliphatic heterocycles. The summed E-state index contributed by atoms with van der Waals surface area (Å²) in [5.41, 5.74) is 1.00. The first-order valence-corrected chi connectivity index (χ1v) is 6.64. The lowest BCUT2D eigenvalue weighted by Gasteiger charge is -2.09. The predicted molar refractivity (Wildman–Crippen MR) is 73.7 cm³/mol. The molecule has 0 amide bonds. The molecule has 0 saturated carbocycles. The van der Waals surface area contributed by atoms with Crippen LogP contribution in [-0.2, 0) is 0 Å². The summed E-state index contributed by atoms with van der Waals surface area (Å²) in [4.78, 5) is 7.84. The zero-order chi connectivity index (χ0) is 12.4. The second-order valence-corrected chi connectivity index (χ2v) is 5.41. The largest absolute Gasteiger partial charge is 0.437 e. The maximum atomic E-state index is 5.72. The van der Waals surface area contributed by atoms with Gasteiger partial charge in [-0.3, -0.25) is 0 Å². The lowest BCUT2D eigenvalue weighted by Crippen LogP contribution is -1.93. The Hall–Kier alpha value is -0.650. The van der Waals surface area contributed by atoms with E-state index in [1.54, 1.807) is 6.20 Å². The Balaban J connectivity index is 2.34. The van der Waals surface area contributed by atoms with Crippen LogP contribution in [0.5, 0.6) is 11.6 Å². The molecular weight excluding hydrogens is 371 g/mol. The molecule has 1 aromatic carbocycles. The molecule has 0 aliphatic carbocycles. The number of hydrogen-bond acceptors (Lipinski definition) is 3. The van der Waals surface area contributed by atoms with E-state index in [2.05, 4.69) is 41.8 Å². The van der Waals surface area contributed by atoms with E-state index in [1.807, 2.05) is 25.1 Å². The average Bonchev–Trinajstić information content (AvgIpc) is 2.27. The highest BCUT2D eigenvalue weighted by molar-refractivity contribution is 9.10. The quantitative estimate of drug-likeness (QED) is 0.707. The average molecular weight is 378 g/mol. The molecule has 0 N–H and O–H groups in total. The highest BCUT2D eigenvalue weighted by atomic mass is 79.9. The summed E-state index contributed by atoms with van der Waals surface area (Å²) < 4.78 is 7.33. The van der Waals surface area contributed by atoms with E-state index in [0.717, 1.165) is 15.8 Å². The van der Waals surface area contributed by atoms with Crippen molar-refractivity contribution in [2.45, 2.75) is 6.92 Å². The van der Waals surface area contributed by atoms with Crippen LogP contribution < -0.4 is 4.74 Å². The summed E-state index contributed by atoms with van der Waals surface area (Å²) in [6.45, 7) is 1.96. The van der Waals surface area contributed by atoms with Crippen LogP contribution in [0.15, 0.2) is 33.3 Å². The summed E-state index contributed by atoms with van der Waals surface area (Å²) in [7, 11) is 0. The molecule has 0 spiro atoms. The maximum absolute atomic E-state index is 5.72. The van der Waals surface area contributed by atoms with Gasteiger partial charge in [-0.2, -0.15) is 4.98 Å². The number of rotatable bonds is 2. The van der Waals surface area contributed by atoms with Gasteiger partial charge in [-0.1, -0.05) is 15.9 Å². The number of aromatic nitrogens is 2. The molecular formula is C11H7Br2ClN2O. The highest BCUT2D eigenvalue weighted by Crippen LogP contribution is 2.30. The van der Waals surface area contributed by atoms with Crippen molar-refractivity contribution < 1.29 is 4.74 Å². The van der Waals surface area contributed by atoms with Crippen molar-refractivity contribution in [1.82, 2.24) is 9.97 Å². The monoisotopic (exact) mass is 376 g/mol. The molecule has 0 saturated heterocycles. The molecule has 0 radical (unpaired) electrons. The van der Waals surface area contributed by atoms with Gasteiger partial charge in [0.25, 0.3) is 0 Å². The molecule has 17 heavy (non-hydrogen) atoms. The Kier molecular flexibility index (Phi) is 4.01. The Bertz CT molecular complexity index is 563. The molecule has 2 rings (SSSR count). The minimum atomic E-state index is 0.151. The summed E-state index contributed by atoms with van der Waals surface area (Å²) in [6, 6.07) is 5.73. The molecule has 6 heteroatoms. The SMILES string of the molecule is Cc1cc(Br)ccc1Oc1nc(Cl)ncc1Br. The van der Waals surface area contributed by atoms with Crippen molar-refractivity contribution in [2.75, 3.05) is 0 Å². The van der Waals surface area contributed by atoms with E-state index < -0.39 is 0 Å². The third-order valence-electron chi connectivity index (χ3n) is 2.03. The van der Waals surface area contributed by atoms with Crippen molar-refractivity contribution >= 4 is 43.5 Å². The van der Waals surface area contributed by atoms with Gasteiger partial charge in [0.1, 0.15) is 5.75 Å². The topological polar surface area (TPSA) is 35.0 Å². The smallest absolute Gasteiger partial charge is 0.237 e. The first-order chi connectivity index (χ1) is 8.06. The molecule has 1 heterocycles. The molecule has 2 aromatic rings. The van der Waals surface area contributed by atoms with Crippen molar-refractivity contribution in [1.29, 1.82) is 0 Å². The number of aryl methyl sites for hydroxylation is 1. The van der Waals surface area contributed by atoms with Crippen LogP contribution in [0.2, 0.25) is 5.28 Å². The van der Waals surface area contributed by atoms with Crippen LogP contribution in [0, 0.1) is 6.92 Å². The summed E-state index contributed by atoms with van der Waals surface area (Å²) in [6.07, 6.45) is 1.55. The van der Waals surface area contributed by atoms with Gasteiger partial charge in [-0.25, -0.2) is 4.98 Å². The van der Waals surface area contributed by atoms with E-state index in [-0.39, 0.29) is 5.28 Å². The number of hydrogen-bond donors (Lipinski definition) is 0. The number of halogens is 3. The van der Waals surface area contributed by atoms with Crippen LogP contribution >= 0.6 is 43.5 Å². The van der Waals surface area contributed by atoms with Gasteiger partial charge in [-0.15, -0.1) is 0 Å². The maximum Gasteiger partial charge on any atom is 0.237 e. The van der Waals surface area contributed by atoms with Crippen LogP contribution in [0.25, 0.3) is 0 Å². The molecule has 1 aromatic heterocycles. The molecule has 0 atom stereocenters. The molecule has 0 unspecified atom stereocenters. The second kappa shape index (κ2) is 5.33. The zero-order valence-corrected chi connectivity index (χ0v) is 12.7. The number of benzene rings is 1. The van der Waals surface area contributed by atoms with Gasteiger partial charge >= 0.3 is 0 Å². The van der Waals surface area contributed by atoms with E-state index in [1.165, 1.54) is 0 Å². The van der Waals surface area contributed by atoms with E-state index in [0.29, 0.717) is 10.4 Å². The number of ether oxygens (including phenoxy) is 1. The Morgan fingerprint density at radius 1 is 1.29 bits per heavy atom. The predicted octanol–water partition coefficient (Wildman–Crippen LogP) is 4.76. The van der Waals surface area contributed by atoms with Gasteiger partial charge < -0.3 is 4.74 Å². The third-order valence-corrected chi connectivity index (χ3v) is 3.25. The fraction of sp³-hybridized carbons (Fsp3) is 0.0909. The first kappa shape index (κ1) is 12.8. The lowest BCUT2D eigenvalue weighted by atomic mass is 10.2. The molecule has 88 valence electrons. The summed E-state index contributed by atoms with van der Waals surface area (Å²) in [5, 5.41) is 0.151. The highest BCUT2D eigenvalue weighted by Gasteiger charge is 2.08. The van der Waals surface area contributed by atoms with Gasteiger partial charge in [0, 0.05) is 10.7 Å². The Labute approximate surface area is 120 Å². The van der Waals surface area contributed by atoms with Gasteiger partial charge in [-0.05, 0) is 58.2 Å². The van der Waals surface area contributed by atoms with Crippen molar-refractivity contribution in [3.63, 3.8) is 0 Å². The van der Waals surface area contributed by atoms with Crippen molar-refractivity contribution in [3.05, 3.63) is 44.2 Å². The molecule has 0 bridgehead atoms. The second-order valence-electron chi connectivity index (χ2n) is 3.30. The van der Waals surface area contributed by atoms with Crippen molar-refractivity contribution in [3.8, 4) is 11.6 Å². The van der Waals surface area contributed by atoms with E-state index in [9.17, 15) is 0 Å². The molecule has 0 fully saturated rings. The zero-order valence-electron chi connectivity index (χ0n) is 8.75. The van der Waals surface area contributed by atoms with Crippen LogP contribution in [0.3, 0.4) is 0 Å². The van der Waals surface area contributed by atoms with Gasteiger partial charge in [0.2, 0.25) is 11.2 Å². The molecule has 3 nitrogen and oxygen atoms in total. The summed E-state index contributed by atoms with van der Waals surface area (Å²) in [5.74, 6) is 1.12. The first-order valence-electron chi connectivity index (χ1n) is 4.68. The normalized spacial score (nSPS) is 10.4. The fourth-order valence-corrected chi connectivity index (χ4v) is 2.11. The van der Waals surface area contributed by atoms with E-state index in [4.69, 9.17) is 16.3 Å².